The van der Waals surface area contributed by atoms with Crippen LogP contribution in [-0.4, -0.2) is 34.0 Å². The van der Waals surface area contributed by atoms with Crippen molar-refractivity contribution >= 4 is 0 Å². The lowest BCUT2D eigenvalue weighted by atomic mass is 9.70. The fourth-order valence-corrected chi connectivity index (χ4v) is 13.2. The van der Waals surface area contributed by atoms with E-state index in [2.05, 4.69) is 143 Å². The molecule has 2 fully saturated rings. The first-order valence-electron chi connectivity index (χ1n) is 22.9. The van der Waals surface area contributed by atoms with Gasteiger partial charge in [0, 0.05) is 41.1 Å². The van der Waals surface area contributed by atoms with Gasteiger partial charge in [-0.2, -0.15) is 0 Å². The lowest BCUT2D eigenvalue weighted by Gasteiger charge is -2.39. The van der Waals surface area contributed by atoms with Gasteiger partial charge in [-0.25, -0.2) is 0 Å². The van der Waals surface area contributed by atoms with Crippen molar-refractivity contribution in [2.45, 2.75) is 114 Å². The van der Waals surface area contributed by atoms with Gasteiger partial charge < -0.3 is 9.80 Å². The second kappa shape index (κ2) is 15.0. The molecule has 2 heteroatoms. The van der Waals surface area contributed by atoms with Gasteiger partial charge in [-0.3, -0.25) is 0 Å². The molecule has 2 heterocycles. The molecule has 0 radical (unpaired) electrons. The summed E-state index contributed by atoms with van der Waals surface area (Å²) in [5.41, 5.74) is 9.48. The number of allylic oxidation sites excluding steroid dienone is 21. The molecule has 12 unspecified atom stereocenters. The minimum absolute atomic E-state index is 0.419. The van der Waals surface area contributed by atoms with Gasteiger partial charge in [0.25, 0.3) is 0 Å². The van der Waals surface area contributed by atoms with Crippen LogP contribution in [0.5, 0.6) is 0 Å². The Hall–Kier alpha value is -4.04. The normalized spacial score (nSPS) is 40.6. The fraction of sp³-hybridized carbons (Fsp3) is 0.481. The van der Waals surface area contributed by atoms with Crippen LogP contribution in [-0.2, 0) is 0 Å². The van der Waals surface area contributed by atoms with Crippen molar-refractivity contribution in [3.8, 4) is 0 Å². The van der Waals surface area contributed by atoms with E-state index >= 15 is 0 Å². The zero-order chi connectivity index (χ0) is 37.0. The smallest absolute Gasteiger partial charge is 0.0586 e. The minimum atomic E-state index is 0.419. The van der Waals surface area contributed by atoms with E-state index in [0.29, 0.717) is 59.7 Å². The standard InChI is InChI=1S/C54H62N2/c1-3-12-37(13-4-1)39-26-30-45(31-27-39)55-51-20-9-7-18-47(51)49-35-43(28-32-53(49)55)40-22-24-41(25-23-40)44-29-33-54-50(36-44)48-19-8-10-21-52(48)56(54)46-17-11-16-42(34-46)38-14-5-2-6-15-38/h1,3,5,7-8,10-11,14,16,18-19,21-22,24-26,28,30,32-34,36-38,40,43-44,46-49,51-53H,2,4,6,9,12-13,15,17,20,23,27,29,31,35H2. The molecule has 2 nitrogen and oxygen atoms in total. The van der Waals surface area contributed by atoms with E-state index in [-0.39, 0.29) is 0 Å². The topological polar surface area (TPSA) is 6.48 Å². The van der Waals surface area contributed by atoms with Crippen LogP contribution in [0.25, 0.3) is 0 Å². The number of hydrogen-bond acceptors (Lipinski definition) is 2. The molecule has 11 aliphatic rings. The summed E-state index contributed by atoms with van der Waals surface area (Å²) in [6.45, 7) is 0. The van der Waals surface area contributed by atoms with E-state index in [4.69, 9.17) is 0 Å². The largest absolute Gasteiger partial charge is 0.364 e. The fourth-order valence-electron chi connectivity index (χ4n) is 13.2. The summed E-state index contributed by atoms with van der Waals surface area (Å²) >= 11 is 0. The van der Waals surface area contributed by atoms with Crippen molar-refractivity contribution in [2.24, 2.45) is 47.3 Å². The molecule has 0 bridgehead atoms. The molecule has 9 aliphatic carbocycles. The summed E-state index contributed by atoms with van der Waals surface area (Å²) in [5, 5.41) is 0. The van der Waals surface area contributed by atoms with Crippen LogP contribution in [0.2, 0.25) is 0 Å². The highest BCUT2D eigenvalue weighted by Gasteiger charge is 2.50. The van der Waals surface area contributed by atoms with Crippen molar-refractivity contribution in [2.75, 3.05) is 0 Å². The van der Waals surface area contributed by atoms with Crippen molar-refractivity contribution < 1.29 is 0 Å². The highest BCUT2D eigenvalue weighted by molar-refractivity contribution is 5.51. The maximum Gasteiger partial charge on any atom is 0.0586 e. The summed E-state index contributed by atoms with van der Waals surface area (Å²) in [7, 11) is 0. The van der Waals surface area contributed by atoms with E-state index in [1.54, 1.807) is 22.4 Å². The van der Waals surface area contributed by atoms with Gasteiger partial charge >= 0.3 is 0 Å². The third-order valence-corrected chi connectivity index (χ3v) is 16.0. The van der Waals surface area contributed by atoms with Crippen LogP contribution in [0.3, 0.4) is 0 Å². The molecular weight excluding hydrogens is 677 g/mol. The quantitative estimate of drug-likeness (QED) is 0.250. The molecule has 0 saturated carbocycles. The predicted molar refractivity (Wildman–Crippen MR) is 233 cm³/mol. The minimum Gasteiger partial charge on any atom is -0.364 e. The average molecular weight is 739 g/mol. The van der Waals surface area contributed by atoms with E-state index in [1.807, 2.05) is 0 Å². The molecule has 0 aromatic rings. The Morgan fingerprint density at radius 2 is 1.54 bits per heavy atom. The Labute approximate surface area is 337 Å². The molecule has 2 saturated heterocycles. The molecular formula is C54H62N2. The molecule has 0 amide bonds. The summed E-state index contributed by atoms with van der Waals surface area (Å²) in [6.07, 6.45) is 72.8. The molecule has 0 N–H and O–H groups in total. The number of fused-ring (bicyclic) bond motifs is 6. The average Bonchev–Trinajstić information content (AvgIpc) is 3.79. The van der Waals surface area contributed by atoms with Gasteiger partial charge in [0.1, 0.15) is 0 Å². The van der Waals surface area contributed by atoms with Gasteiger partial charge in [0.15, 0.2) is 0 Å². The Bertz CT molecular complexity index is 2010. The first-order valence-corrected chi connectivity index (χ1v) is 22.9. The SMILES string of the molecule is C1=CC2C3=CC(C4=CCC(C5C=CC6C(C5)C5C=CCCC5N6C5=CC=C(C6CC=CCC6)CC5)C=C4)CC=C3N(C3C=C(C4C=CCCC4)C=CC3)C2C=C1. The second-order valence-corrected chi connectivity index (χ2v) is 18.9. The third kappa shape index (κ3) is 6.29. The van der Waals surface area contributed by atoms with Crippen LogP contribution in [0.15, 0.2) is 167 Å². The summed E-state index contributed by atoms with van der Waals surface area (Å²) in [5.74, 6) is 4.96. The van der Waals surface area contributed by atoms with Crippen molar-refractivity contribution in [1.29, 1.82) is 0 Å². The molecule has 2 aliphatic heterocycles. The van der Waals surface area contributed by atoms with Crippen LogP contribution in [0, 0.1) is 47.3 Å². The summed E-state index contributed by atoms with van der Waals surface area (Å²) in [4.78, 5) is 5.71. The van der Waals surface area contributed by atoms with Crippen molar-refractivity contribution in [3.05, 3.63) is 167 Å². The second-order valence-electron chi connectivity index (χ2n) is 18.9. The van der Waals surface area contributed by atoms with Crippen LogP contribution in [0.1, 0.15) is 89.9 Å². The Morgan fingerprint density at radius 3 is 2.39 bits per heavy atom. The Kier molecular flexibility index (Phi) is 9.44. The summed E-state index contributed by atoms with van der Waals surface area (Å²) < 4.78 is 0. The number of rotatable bonds is 6. The molecule has 0 aromatic heterocycles. The third-order valence-electron chi connectivity index (χ3n) is 16.0. The van der Waals surface area contributed by atoms with Gasteiger partial charge in [-0.1, -0.05) is 133 Å². The highest BCUT2D eigenvalue weighted by Crippen LogP contribution is 2.52. The van der Waals surface area contributed by atoms with Crippen molar-refractivity contribution in [3.63, 3.8) is 0 Å². The number of likely N-dealkylation sites (tertiary alicyclic amines) is 2. The van der Waals surface area contributed by atoms with Crippen LogP contribution in [0.4, 0.5) is 0 Å². The summed E-state index contributed by atoms with van der Waals surface area (Å²) in [6, 6.07) is 2.08. The van der Waals surface area contributed by atoms with E-state index in [1.165, 1.54) is 88.3 Å². The molecule has 11 rings (SSSR count). The number of nitrogens with zero attached hydrogens (tertiary/aromatic N) is 2. The molecule has 0 spiro atoms. The van der Waals surface area contributed by atoms with E-state index in [0.717, 1.165) is 24.7 Å². The molecule has 0 aromatic carbocycles. The van der Waals surface area contributed by atoms with Gasteiger partial charge in [0.05, 0.1) is 18.1 Å². The highest BCUT2D eigenvalue weighted by atomic mass is 15.2. The van der Waals surface area contributed by atoms with Crippen molar-refractivity contribution in [1.82, 2.24) is 9.80 Å². The predicted octanol–water partition coefficient (Wildman–Crippen LogP) is 12.5. The molecule has 56 heavy (non-hydrogen) atoms. The monoisotopic (exact) mass is 738 g/mol. The first kappa shape index (κ1) is 35.1. The lowest BCUT2D eigenvalue weighted by molar-refractivity contribution is 0.230. The van der Waals surface area contributed by atoms with Crippen LogP contribution >= 0.6 is 0 Å². The molecule has 288 valence electrons. The Morgan fingerprint density at radius 1 is 0.589 bits per heavy atom. The maximum absolute atomic E-state index is 2.92. The first-order chi connectivity index (χ1) is 27.8. The van der Waals surface area contributed by atoms with Gasteiger partial charge in [-0.15, -0.1) is 0 Å². The zero-order valence-electron chi connectivity index (χ0n) is 33.4. The molecule has 12 atom stereocenters. The zero-order valence-corrected chi connectivity index (χ0v) is 33.4. The van der Waals surface area contributed by atoms with Gasteiger partial charge in [-0.05, 0) is 136 Å². The lowest BCUT2D eigenvalue weighted by Crippen LogP contribution is -2.39. The van der Waals surface area contributed by atoms with E-state index < -0.39 is 0 Å². The maximum atomic E-state index is 2.92. The Balaban J connectivity index is 0.784. The van der Waals surface area contributed by atoms with Gasteiger partial charge in [0.2, 0.25) is 0 Å². The van der Waals surface area contributed by atoms with Crippen LogP contribution < -0.4 is 0 Å². The number of hydrogen-bond donors (Lipinski definition) is 0. The van der Waals surface area contributed by atoms with E-state index in [9.17, 15) is 0 Å².